The summed E-state index contributed by atoms with van der Waals surface area (Å²) in [6, 6.07) is 22.9. The first-order valence-corrected chi connectivity index (χ1v) is 9.50. The molecule has 0 aliphatic rings. The zero-order valence-corrected chi connectivity index (χ0v) is 17.0. The zero-order valence-electron chi connectivity index (χ0n) is 17.0. The molecule has 0 aromatic heterocycles. The predicted octanol–water partition coefficient (Wildman–Crippen LogP) is 4.57. The fourth-order valence-electron chi connectivity index (χ4n) is 2.65. The molecule has 3 rings (SSSR count). The van der Waals surface area contributed by atoms with E-state index in [1.54, 1.807) is 13.2 Å². The molecule has 3 aromatic rings. The van der Waals surface area contributed by atoms with Crippen molar-refractivity contribution in [1.29, 1.82) is 0 Å². The Hall–Kier alpha value is -3.80. The first-order chi connectivity index (χ1) is 14.6. The van der Waals surface area contributed by atoms with Gasteiger partial charge >= 0.3 is 0 Å². The van der Waals surface area contributed by atoms with Crippen LogP contribution in [-0.2, 0) is 16.2 Å². The number of rotatable bonds is 9. The molecule has 1 amide bonds. The Balaban J connectivity index is 1.50. The van der Waals surface area contributed by atoms with Crippen LogP contribution in [0.2, 0.25) is 0 Å². The molecule has 154 valence electrons. The highest BCUT2D eigenvalue weighted by molar-refractivity contribution is 5.91. The molecule has 0 fully saturated rings. The lowest BCUT2D eigenvalue weighted by Gasteiger charge is -2.11. The summed E-state index contributed by atoms with van der Waals surface area (Å²) in [5.74, 6) is 0.946. The molecule has 0 radical (unpaired) electrons. The zero-order chi connectivity index (χ0) is 21.2. The van der Waals surface area contributed by atoms with Crippen molar-refractivity contribution in [2.45, 2.75) is 13.5 Å². The van der Waals surface area contributed by atoms with Crippen LogP contribution >= 0.6 is 0 Å². The standard InChI is InChI=1S/C24H24N2O4/c1-18-8-11-21(12-9-18)26-24(27)17-30-25-15-20-10-13-22(23(14-20)28-2)29-16-19-6-4-3-5-7-19/h3-15H,16-17H2,1-2H3,(H,26,27)/b25-15+. The van der Waals surface area contributed by atoms with Gasteiger partial charge in [0.05, 0.1) is 13.3 Å². The van der Waals surface area contributed by atoms with Gasteiger partial charge in [0.25, 0.3) is 5.91 Å². The number of hydrogen-bond donors (Lipinski definition) is 1. The maximum Gasteiger partial charge on any atom is 0.265 e. The van der Waals surface area contributed by atoms with E-state index in [0.717, 1.165) is 16.7 Å². The Labute approximate surface area is 176 Å². The largest absolute Gasteiger partial charge is 0.493 e. The average molecular weight is 404 g/mol. The molecule has 30 heavy (non-hydrogen) atoms. The Kier molecular flexibility index (Phi) is 7.44. The maximum atomic E-state index is 11.9. The first-order valence-electron chi connectivity index (χ1n) is 9.50. The minimum absolute atomic E-state index is 0.181. The molecule has 6 heteroatoms. The van der Waals surface area contributed by atoms with Gasteiger partial charge in [-0.15, -0.1) is 0 Å². The summed E-state index contributed by atoms with van der Waals surface area (Å²) >= 11 is 0. The molecule has 6 nitrogen and oxygen atoms in total. The van der Waals surface area contributed by atoms with Crippen LogP contribution in [0.1, 0.15) is 16.7 Å². The van der Waals surface area contributed by atoms with E-state index in [2.05, 4.69) is 10.5 Å². The third-order valence-electron chi connectivity index (χ3n) is 4.23. The second-order valence-corrected chi connectivity index (χ2v) is 6.61. The van der Waals surface area contributed by atoms with Crippen molar-refractivity contribution in [3.05, 3.63) is 89.5 Å². The van der Waals surface area contributed by atoms with Gasteiger partial charge in [-0.3, -0.25) is 4.79 Å². The SMILES string of the molecule is COc1cc(/C=N/OCC(=O)Nc2ccc(C)cc2)ccc1OCc1ccccc1. The Bertz CT molecular complexity index is 986. The van der Waals surface area contributed by atoms with Gasteiger partial charge in [-0.05, 0) is 42.8 Å². The van der Waals surface area contributed by atoms with Gasteiger partial charge in [-0.1, -0.05) is 53.2 Å². The minimum atomic E-state index is -0.279. The lowest BCUT2D eigenvalue weighted by molar-refractivity contribution is -0.120. The number of nitrogens with zero attached hydrogens (tertiary/aromatic N) is 1. The van der Waals surface area contributed by atoms with Crippen molar-refractivity contribution in [3.8, 4) is 11.5 Å². The molecule has 1 N–H and O–H groups in total. The van der Waals surface area contributed by atoms with E-state index in [0.29, 0.717) is 23.8 Å². The molecule has 0 aliphatic carbocycles. The van der Waals surface area contributed by atoms with Crippen LogP contribution < -0.4 is 14.8 Å². The van der Waals surface area contributed by atoms with E-state index in [1.165, 1.54) is 6.21 Å². The van der Waals surface area contributed by atoms with Crippen LogP contribution in [0.4, 0.5) is 5.69 Å². The smallest absolute Gasteiger partial charge is 0.265 e. The van der Waals surface area contributed by atoms with Gasteiger partial charge in [-0.2, -0.15) is 0 Å². The fraction of sp³-hybridized carbons (Fsp3) is 0.167. The van der Waals surface area contributed by atoms with Crippen LogP contribution in [0.3, 0.4) is 0 Å². The average Bonchev–Trinajstić information content (AvgIpc) is 2.78. The molecular formula is C24H24N2O4. The molecule has 0 atom stereocenters. The van der Waals surface area contributed by atoms with Crippen molar-refractivity contribution < 1.29 is 19.1 Å². The molecule has 0 unspecified atom stereocenters. The van der Waals surface area contributed by atoms with Crippen molar-refractivity contribution in [2.75, 3.05) is 19.0 Å². The number of carbonyl (C=O) groups is 1. The summed E-state index contributed by atoms with van der Waals surface area (Å²) in [7, 11) is 1.58. The number of aryl methyl sites for hydroxylation is 1. The lowest BCUT2D eigenvalue weighted by atomic mass is 10.2. The second-order valence-electron chi connectivity index (χ2n) is 6.61. The molecule has 3 aromatic carbocycles. The topological polar surface area (TPSA) is 69.2 Å². The number of anilines is 1. The van der Waals surface area contributed by atoms with Crippen LogP contribution in [0, 0.1) is 6.92 Å². The van der Waals surface area contributed by atoms with Crippen LogP contribution in [0.25, 0.3) is 0 Å². The third kappa shape index (κ3) is 6.38. The number of benzene rings is 3. The van der Waals surface area contributed by atoms with Gasteiger partial charge in [0.1, 0.15) is 6.61 Å². The molecule has 0 saturated heterocycles. The van der Waals surface area contributed by atoms with Crippen molar-refractivity contribution in [3.63, 3.8) is 0 Å². The van der Waals surface area contributed by atoms with Crippen LogP contribution in [0.5, 0.6) is 11.5 Å². The molecule has 0 heterocycles. The van der Waals surface area contributed by atoms with Gasteiger partial charge in [0.15, 0.2) is 18.1 Å². The summed E-state index contributed by atoms with van der Waals surface area (Å²) in [6.07, 6.45) is 1.52. The van der Waals surface area contributed by atoms with E-state index in [-0.39, 0.29) is 12.5 Å². The summed E-state index contributed by atoms with van der Waals surface area (Å²) in [5.41, 5.74) is 3.68. The van der Waals surface area contributed by atoms with E-state index >= 15 is 0 Å². The number of hydrogen-bond acceptors (Lipinski definition) is 5. The number of amides is 1. The quantitative estimate of drug-likeness (QED) is 0.419. The molecule has 0 saturated carbocycles. The van der Waals surface area contributed by atoms with E-state index in [1.807, 2.05) is 73.7 Å². The van der Waals surface area contributed by atoms with Gasteiger partial charge in [0.2, 0.25) is 0 Å². The highest BCUT2D eigenvalue weighted by Crippen LogP contribution is 2.28. The van der Waals surface area contributed by atoms with Crippen molar-refractivity contribution in [1.82, 2.24) is 0 Å². The molecule has 0 bridgehead atoms. The fourth-order valence-corrected chi connectivity index (χ4v) is 2.65. The Morgan fingerprint density at radius 2 is 1.77 bits per heavy atom. The number of nitrogens with one attached hydrogen (secondary N) is 1. The first kappa shape index (κ1) is 20.9. The predicted molar refractivity (Wildman–Crippen MR) is 117 cm³/mol. The summed E-state index contributed by atoms with van der Waals surface area (Å²) in [4.78, 5) is 17.0. The summed E-state index contributed by atoms with van der Waals surface area (Å²) < 4.78 is 11.2. The lowest BCUT2D eigenvalue weighted by Crippen LogP contribution is -2.16. The van der Waals surface area contributed by atoms with Crippen molar-refractivity contribution >= 4 is 17.8 Å². The van der Waals surface area contributed by atoms with Gasteiger partial charge in [0, 0.05) is 11.3 Å². The number of methoxy groups -OCH3 is 1. The molecular weight excluding hydrogens is 380 g/mol. The second kappa shape index (κ2) is 10.7. The maximum absolute atomic E-state index is 11.9. The third-order valence-corrected chi connectivity index (χ3v) is 4.23. The monoisotopic (exact) mass is 404 g/mol. The van der Waals surface area contributed by atoms with Gasteiger partial charge in [-0.25, -0.2) is 0 Å². The molecule has 0 aliphatic heterocycles. The Morgan fingerprint density at radius 3 is 2.50 bits per heavy atom. The number of oxime groups is 1. The highest BCUT2D eigenvalue weighted by Gasteiger charge is 2.06. The van der Waals surface area contributed by atoms with Crippen molar-refractivity contribution in [2.24, 2.45) is 5.16 Å². The minimum Gasteiger partial charge on any atom is -0.493 e. The van der Waals surface area contributed by atoms with E-state index in [4.69, 9.17) is 14.3 Å². The Morgan fingerprint density at radius 1 is 1.00 bits per heavy atom. The van der Waals surface area contributed by atoms with Crippen LogP contribution in [-0.4, -0.2) is 25.8 Å². The van der Waals surface area contributed by atoms with Crippen LogP contribution in [0.15, 0.2) is 78.0 Å². The number of carbonyl (C=O) groups excluding carboxylic acids is 1. The molecule has 0 spiro atoms. The van der Waals surface area contributed by atoms with E-state index in [9.17, 15) is 4.79 Å². The summed E-state index contributed by atoms with van der Waals surface area (Å²) in [5, 5.41) is 6.60. The van der Waals surface area contributed by atoms with E-state index < -0.39 is 0 Å². The highest BCUT2D eigenvalue weighted by atomic mass is 16.6. The number of ether oxygens (including phenoxy) is 2. The summed E-state index contributed by atoms with van der Waals surface area (Å²) in [6.45, 7) is 2.25. The normalized spacial score (nSPS) is 10.6. The van der Waals surface area contributed by atoms with Gasteiger partial charge < -0.3 is 19.6 Å².